The van der Waals surface area contributed by atoms with Crippen LogP contribution in [0.15, 0.2) is 66.9 Å². The minimum Gasteiger partial charge on any atom is -0.307 e. The second-order valence-electron chi connectivity index (χ2n) is 6.28. The van der Waals surface area contributed by atoms with Gasteiger partial charge in [-0.15, -0.1) is 0 Å². The lowest BCUT2D eigenvalue weighted by molar-refractivity contribution is 0.0992. The Labute approximate surface area is 175 Å². The van der Waals surface area contributed by atoms with Gasteiger partial charge in [-0.3, -0.25) is 9.59 Å². The molecule has 0 radical (unpaired) electrons. The molecule has 2 N–H and O–H groups in total. The van der Waals surface area contributed by atoms with Crippen LogP contribution in [0.25, 0.3) is 0 Å². The van der Waals surface area contributed by atoms with E-state index in [0.717, 1.165) is 5.56 Å². The van der Waals surface area contributed by atoms with Gasteiger partial charge >= 0.3 is 0 Å². The minimum atomic E-state index is -0.340. The van der Waals surface area contributed by atoms with E-state index in [-0.39, 0.29) is 25.5 Å². The molecule has 0 fully saturated rings. The van der Waals surface area contributed by atoms with Gasteiger partial charge in [0.1, 0.15) is 5.82 Å². The normalized spacial score (nSPS) is 10.0. The van der Waals surface area contributed by atoms with Crippen LogP contribution in [0.3, 0.4) is 0 Å². The quantitative estimate of drug-likeness (QED) is 0.421. The first kappa shape index (κ1) is 22.0. The molecular formula is C23H22ClN3O2. The largest absolute Gasteiger partial charge is 0.307 e. The van der Waals surface area contributed by atoms with Gasteiger partial charge in [0.05, 0.1) is 5.02 Å². The van der Waals surface area contributed by atoms with E-state index in [9.17, 15) is 9.59 Å². The second-order valence-corrected chi connectivity index (χ2v) is 6.71. The van der Waals surface area contributed by atoms with Gasteiger partial charge in [-0.1, -0.05) is 61.5 Å². The van der Waals surface area contributed by atoms with Crippen LogP contribution in [-0.2, 0) is 6.42 Å². The van der Waals surface area contributed by atoms with E-state index in [4.69, 9.17) is 17.0 Å². The van der Waals surface area contributed by atoms with Crippen molar-refractivity contribution in [1.29, 1.82) is 5.41 Å². The van der Waals surface area contributed by atoms with E-state index in [1.807, 2.05) is 0 Å². The molecule has 1 heterocycles. The third-order valence-corrected chi connectivity index (χ3v) is 4.45. The lowest BCUT2D eigenvalue weighted by Gasteiger charge is -2.10. The molecule has 3 rings (SSSR count). The number of carbonyl (C=O) groups is 2. The summed E-state index contributed by atoms with van der Waals surface area (Å²) in [6.07, 6.45) is 1.55. The second kappa shape index (κ2) is 9.75. The molecule has 0 aliphatic carbocycles. The topological polar surface area (TPSA) is 82.9 Å². The number of benzene rings is 2. The number of hydrogen-bond donors (Lipinski definition) is 2. The van der Waals surface area contributed by atoms with Crippen LogP contribution in [0, 0.1) is 5.41 Å². The summed E-state index contributed by atoms with van der Waals surface area (Å²) in [6, 6.07) is 17.1. The highest BCUT2D eigenvalue weighted by Gasteiger charge is 2.15. The van der Waals surface area contributed by atoms with Gasteiger partial charge in [0, 0.05) is 29.5 Å². The molecule has 0 atom stereocenters. The number of hydrogen-bond acceptors (Lipinski definition) is 4. The first-order valence-corrected chi connectivity index (χ1v) is 9.01. The molecule has 0 bridgehead atoms. The molecule has 29 heavy (non-hydrogen) atoms. The van der Waals surface area contributed by atoms with Crippen LogP contribution < -0.4 is 5.32 Å². The van der Waals surface area contributed by atoms with Crippen LogP contribution in [0.2, 0.25) is 5.02 Å². The maximum atomic E-state index is 12.7. The zero-order valence-corrected chi connectivity index (χ0v) is 16.0. The fourth-order valence-electron chi connectivity index (χ4n) is 2.71. The maximum absolute atomic E-state index is 12.7. The fourth-order valence-corrected chi connectivity index (χ4v) is 2.82. The van der Waals surface area contributed by atoms with Gasteiger partial charge in [-0.25, -0.2) is 4.98 Å². The number of ketones is 1. The summed E-state index contributed by atoms with van der Waals surface area (Å²) in [5.74, 6) is -0.0554. The Hall–Kier alpha value is -3.31. The van der Waals surface area contributed by atoms with E-state index >= 15 is 0 Å². The minimum absolute atomic E-state index is 0. The molecule has 0 saturated carbocycles. The van der Waals surface area contributed by atoms with Crippen molar-refractivity contribution in [1.82, 2.24) is 4.98 Å². The molecule has 1 aromatic heterocycles. The summed E-state index contributed by atoms with van der Waals surface area (Å²) >= 11 is 5.81. The van der Waals surface area contributed by atoms with Crippen LogP contribution in [0.1, 0.15) is 46.2 Å². The molecule has 6 heteroatoms. The Morgan fingerprint density at radius 3 is 2.28 bits per heavy atom. The Morgan fingerprint density at radius 2 is 1.66 bits per heavy atom. The molecule has 0 unspecified atom stereocenters. The van der Waals surface area contributed by atoms with Crippen molar-refractivity contribution in [3.63, 3.8) is 0 Å². The third kappa shape index (κ3) is 5.59. The summed E-state index contributed by atoms with van der Waals surface area (Å²) in [4.78, 5) is 29.3. The van der Waals surface area contributed by atoms with Crippen molar-refractivity contribution in [2.45, 2.75) is 20.8 Å². The van der Waals surface area contributed by atoms with Crippen molar-refractivity contribution >= 4 is 34.8 Å². The standard InChI is InChI=1S/C22H18ClN3O2.CH4/c1-14(24)15-6-8-16(9-7-15)20(27)12-17-4-2-3-5-19(17)22(28)26-21-11-10-18(23)13-25-21;/h2-11,13,24H,12H2,1H3,(H,25,26,28);1H4. The lowest BCUT2D eigenvalue weighted by atomic mass is 9.97. The smallest absolute Gasteiger partial charge is 0.257 e. The lowest BCUT2D eigenvalue weighted by Crippen LogP contribution is -2.16. The van der Waals surface area contributed by atoms with Crippen LogP contribution in [0.5, 0.6) is 0 Å². The van der Waals surface area contributed by atoms with Crippen molar-refractivity contribution in [2.75, 3.05) is 5.32 Å². The first-order valence-electron chi connectivity index (χ1n) is 8.63. The fraction of sp³-hybridized carbons (Fsp3) is 0.130. The van der Waals surface area contributed by atoms with Crippen molar-refractivity contribution in [3.05, 3.63) is 94.1 Å². The van der Waals surface area contributed by atoms with E-state index in [0.29, 0.717) is 33.2 Å². The predicted octanol–water partition coefficient (Wildman–Crippen LogP) is 5.44. The number of nitrogens with zero attached hydrogens (tertiary/aromatic N) is 1. The number of pyridine rings is 1. The predicted molar refractivity (Wildman–Crippen MR) is 117 cm³/mol. The molecule has 0 aliphatic heterocycles. The Kier molecular flexibility index (Phi) is 7.39. The number of amides is 1. The van der Waals surface area contributed by atoms with Gasteiger partial charge in [0.25, 0.3) is 5.91 Å². The summed E-state index contributed by atoms with van der Waals surface area (Å²) in [5, 5.41) is 10.8. The average Bonchev–Trinajstić information content (AvgIpc) is 2.70. The highest BCUT2D eigenvalue weighted by molar-refractivity contribution is 6.30. The van der Waals surface area contributed by atoms with Crippen LogP contribution in [-0.4, -0.2) is 22.4 Å². The summed E-state index contributed by atoms with van der Waals surface area (Å²) in [5.41, 5.74) is 2.80. The monoisotopic (exact) mass is 407 g/mol. The molecule has 3 aromatic rings. The van der Waals surface area contributed by atoms with Gasteiger partial charge in [-0.2, -0.15) is 0 Å². The molecule has 148 valence electrons. The SMILES string of the molecule is C.CC(=N)c1ccc(C(=O)Cc2ccccc2C(=O)Nc2ccc(Cl)cn2)cc1. The number of carbonyl (C=O) groups excluding carboxylic acids is 2. The summed E-state index contributed by atoms with van der Waals surface area (Å²) in [7, 11) is 0. The highest BCUT2D eigenvalue weighted by Crippen LogP contribution is 2.16. The van der Waals surface area contributed by atoms with Gasteiger partial charge in [0.15, 0.2) is 5.78 Å². The number of Topliss-reactive ketones (excluding diaryl/α,β-unsaturated/α-hetero) is 1. The van der Waals surface area contributed by atoms with Crippen molar-refractivity contribution < 1.29 is 9.59 Å². The van der Waals surface area contributed by atoms with E-state index in [1.54, 1.807) is 67.6 Å². The number of nitrogens with one attached hydrogen (secondary N) is 2. The zero-order chi connectivity index (χ0) is 20.1. The molecule has 2 aromatic carbocycles. The summed E-state index contributed by atoms with van der Waals surface area (Å²) in [6.45, 7) is 1.70. The number of rotatable bonds is 6. The third-order valence-electron chi connectivity index (χ3n) is 4.22. The van der Waals surface area contributed by atoms with E-state index in [2.05, 4.69) is 10.3 Å². The zero-order valence-electron chi connectivity index (χ0n) is 15.2. The van der Waals surface area contributed by atoms with Crippen molar-refractivity contribution in [3.8, 4) is 0 Å². The molecule has 5 nitrogen and oxygen atoms in total. The van der Waals surface area contributed by atoms with E-state index < -0.39 is 0 Å². The summed E-state index contributed by atoms with van der Waals surface area (Å²) < 4.78 is 0. The Bertz CT molecular complexity index is 1030. The Morgan fingerprint density at radius 1 is 1.00 bits per heavy atom. The van der Waals surface area contributed by atoms with Gasteiger partial charge < -0.3 is 10.7 Å². The van der Waals surface area contributed by atoms with E-state index in [1.165, 1.54) is 6.20 Å². The molecular weight excluding hydrogens is 386 g/mol. The van der Waals surface area contributed by atoms with Crippen LogP contribution >= 0.6 is 11.6 Å². The number of anilines is 1. The number of halogens is 1. The Balaban J connectivity index is 0.00000300. The first-order chi connectivity index (χ1) is 13.4. The van der Waals surface area contributed by atoms with Crippen molar-refractivity contribution in [2.24, 2.45) is 0 Å². The van der Waals surface area contributed by atoms with Gasteiger partial charge in [-0.05, 0) is 36.2 Å². The average molecular weight is 408 g/mol. The highest BCUT2D eigenvalue weighted by atomic mass is 35.5. The van der Waals surface area contributed by atoms with Crippen LogP contribution in [0.4, 0.5) is 5.82 Å². The number of aromatic nitrogens is 1. The molecule has 0 saturated heterocycles. The van der Waals surface area contributed by atoms with Gasteiger partial charge in [0.2, 0.25) is 0 Å². The maximum Gasteiger partial charge on any atom is 0.257 e. The molecule has 1 amide bonds. The molecule has 0 spiro atoms. The molecule has 0 aliphatic rings.